The summed E-state index contributed by atoms with van der Waals surface area (Å²) in [5, 5.41) is 3.90. The molecule has 0 aliphatic heterocycles. The van der Waals surface area contributed by atoms with Crippen molar-refractivity contribution in [3.05, 3.63) is 46.9 Å². The number of nitrogens with two attached hydrogens (primary N) is 1. The molecule has 0 unspecified atom stereocenters. The van der Waals surface area contributed by atoms with Crippen molar-refractivity contribution in [1.29, 1.82) is 0 Å². The fourth-order valence-electron chi connectivity index (χ4n) is 1.72. The van der Waals surface area contributed by atoms with Gasteiger partial charge in [-0.25, -0.2) is 4.98 Å². The maximum atomic E-state index is 6.03. The molecular formula is C12H11BrN6O. The molecule has 3 aromatic rings. The van der Waals surface area contributed by atoms with Crippen molar-refractivity contribution in [2.24, 2.45) is 5.73 Å². The predicted molar refractivity (Wildman–Crippen MR) is 74.4 cm³/mol. The van der Waals surface area contributed by atoms with E-state index in [1.165, 1.54) is 0 Å². The largest absolute Gasteiger partial charge is 0.348 e. The Morgan fingerprint density at radius 3 is 2.95 bits per heavy atom. The Bertz CT molecular complexity index is 678. The highest BCUT2D eigenvalue weighted by Gasteiger charge is 2.17. The number of nitrogens with zero attached hydrogens (tertiary/aromatic N) is 4. The fraction of sp³-hybridized carbons (Fsp3) is 0.167. The molecule has 0 amide bonds. The smallest absolute Gasteiger partial charge is 0.244 e. The summed E-state index contributed by atoms with van der Waals surface area (Å²) < 4.78 is 6.08. The predicted octanol–water partition coefficient (Wildman–Crippen LogP) is 1.86. The Balaban J connectivity index is 1.77. The van der Waals surface area contributed by atoms with Crippen LogP contribution in [0.3, 0.4) is 0 Å². The van der Waals surface area contributed by atoms with Crippen LogP contribution in [0.1, 0.15) is 17.6 Å². The quantitative estimate of drug-likeness (QED) is 0.754. The lowest BCUT2D eigenvalue weighted by Gasteiger charge is -2.03. The maximum absolute atomic E-state index is 6.03. The molecule has 20 heavy (non-hydrogen) atoms. The average Bonchev–Trinajstić information content (AvgIpc) is 3.10. The summed E-state index contributed by atoms with van der Waals surface area (Å²) in [7, 11) is 0. The number of pyridine rings is 1. The van der Waals surface area contributed by atoms with Crippen LogP contribution in [0.25, 0.3) is 11.5 Å². The summed E-state index contributed by atoms with van der Waals surface area (Å²) in [4.78, 5) is 15.4. The third-order valence-corrected chi connectivity index (χ3v) is 3.18. The molecular weight excluding hydrogens is 324 g/mol. The molecule has 1 atom stereocenters. The third-order valence-electron chi connectivity index (χ3n) is 2.71. The van der Waals surface area contributed by atoms with E-state index in [9.17, 15) is 0 Å². The van der Waals surface area contributed by atoms with Gasteiger partial charge in [0.2, 0.25) is 11.7 Å². The average molecular weight is 335 g/mol. The highest BCUT2D eigenvalue weighted by atomic mass is 79.9. The van der Waals surface area contributed by atoms with Crippen LogP contribution in [0.15, 0.2) is 39.8 Å². The molecule has 3 aromatic heterocycles. The van der Waals surface area contributed by atoms with E-state index in [0.29, 0.717) is 23.8 Å². The van der Waals surface area contributed by atoms with Gasteiger partial charge in [-0.2, -0.15) is 4.98 Å². The van der Waals surface area contributed by atoms with Crippen LogP contribution < -0.4 is 5.73 Å². The van der Waals surface area contributed by atoms with Gasteiger partial charge in [-0.05, 0) is 28.1 Å². The number of hydrogen-bond acceptors (Lipinski definition) is 6. The highest BCUT2D eigenvalue weighted by Crippen LogP contribution is 2.19. The molecule has 0 saturated carbocycles. The van der Waals surface area contributed by atoms with E-state index in [2.05, 4.69) is 41.0 Å². The van der Waals surface area contributed by atoms with Crippen LogP contribution >= 0.6 is 15.9 Å². The Hall–Kier alpha value is -2.06. The Kier molecular flexibility index (Phi) is 3.57. The van der Waals surface area contributed by atoms with Crippen LogP contribution in [0, 0.1) is 0 Å². The molecule has 102 valence electrons. The SMILES string of the molecule is N[C@@H](Cc1cnc[nH]1)c1nc(-c2ccc(Br)cn2)no1. The molecule has 0 aliphatic rings. The van der Waals surface area contributed by atoms with Gasteiger partial charge in [0.05, 0.1) is 12.4 Å². The zero-order chi connectivity index (χ0) is 13.9. The van der Waals surface area contributed by atoms with Crippen molar-refractivity contribution in [2.45, 2.75) is 12.5 Å². The summed E-state index contributed by atoms with van der Waals surface area (Å²) in [6, 6.07) is 3.29. The normalized spacial score (nSPS) is 12.5. The molecule has 3 heterocycles. The van der Waals surface area contributed by atoms with E-state index in [-0.39, 0.29) is 6.04 Å². The van der Waals surface area contributed by atoms with Gasteiger partial charge in [-0.1, -0.05) is 5.16 Å². The molecule has 0 spiro atoms. The van der Waals surface area contributed by atoms with Crippen molar-refractivity contribution in [3.63, 3.8) is 0 Å². The molecule has 3 N–H and O–H groups in total. The monoisotopic (exact) mass is 334 g/mol. The first-order valence-electron chi connectivity index (χ1n) is 5.91. The Morgan fingerprint density at radius 1 is 1.35 bits per heavy atom. The topological polar surface area (TPSA) is 107 Å². The Morgan fingerprint density at radius 2 is 2.25 bits per heavy atom. The number of H-pyrrole nitrogens is 1. The minimum absolute atomic E-state index is 0.374. The van der Waals surface area contributed by atoms with Crippen molar-refractivity contribution < 1.29 is 4.52 Å². The molecule has 8 heteroatoms. The number of halogens is 1. The van der Waals surface area contributed by atoms with Crippen LogP contribution in [0.2, 0.25) is 0 Å². The molecule has 0 saturated heterocycles. The summed E-state index contributed by atoms with van der Waals surface area (Å²) in [5.74, 6) is 0.798. The van der Waals surface area contributed by atoms with Gasteiger partial charge in [0, 0.05) is 29.0 Å². The second-order valence-corrected chi connectivity index (χ2v) is 5.12. The summed E-state index contributed by atoms with van der Waals surface area (Å²) >= 11 is 3.32. The highest BCUT2D eigenvalue weighted by molar-refractivity contribution is 9.10. The number of hydrogen-bond donors (Lipinski definition) is 2. The van der Waals surface area contributed by atoms with Gasteiger partial charge in [0.15, 0.2) is 0 Å². The summed E-state index contributed by atoms with van der Waals surface area (Å²) in [6.07, 6.45) is 5.55. The molecule has 0 radical (unpaired) electrons. The van der Waals surface area contributed by atoms with Gasteiger partial charge >= 0.3 is 0 Å². The second-order valence-electron chi connectivity index (χ2n) is 4.21. The molecule has 3 rings (SSSR count). The van der Waals surface area contributed by atoms with Gasteiger partial charge in [-0.3, -0.25) is 4.98 Å². The number of nitrogens with one attached hydrogen (secondary N) is 1. The molecule has 7 nitrogen and oxygen atoms in total. The molecule has 0 aromatic carbocycles. The molecule has 0 bridgehead atoms. The number of imidazole rings is 1. The lowest BCUT2D eigenvalue weighted by Crippen LogP contribution is -2.14. The van der Waals surface area contributed by atoms with E-state index >= 15 is 0 Å². The van der Waals surface area contributed by atoms with Gasteiger partial charge in [0.1, 0.15) is 5.69 Å². The second kappa shape index (κ2) is 5.51. The van der Waals surface area contributed by atoms with Crippen molar-refractivity contribution in [1.82, 2.24) is 25.1 Å². The number of aromatic amines is 1. The minimum Gasteiger partial charge on any atom is -0.348 e. The van der Waals surface area contributed by atoms with E-state index in [1.807, 2.05) is 6.07 Å². The van der Waals surface area contributed by atoms with Gasteiger partial charge < -0.3 is 15.2 Å². The van der Waals surface area contributed by atoms with E-state index in [0.717, 1.165) is 10.2 Å². The van der Waals surface area contributed by atoms with Crippen LogP contribution in [-0.2, 0) is 6.42 Å². The molecule has 0 aliphatic carbocycles. The lowest BCUT2D eigenvalue weighted by atomic mass is 10.2. The summed E-state index contributed by atoms with van der Waals surface area (Å²) in [5.41, 5.74) is 7.58. The maximum Gasteiger partial charge on any atom is 0.244 e. The van der Waals surface area contributed by atoms with Gasteiger partial charge in [0.25, 0.3) is 0 Å². The van der Waals surface area contributed by atoms with E-state index in [4.69, 9.17) is 10.3 Å². The minimum atomic E-state index is -0.382. The van der Waals surface area contributed by atoms with Crippen LogP contribution in [0.4, 0.5) is 0 Å². The zero-order valence-corrected chi connectivity index (χ0v) is 11.9. The van der Waals surface area contributed by atoms with Gasteiger partial charge in [-0.15, -0.1) is 0 Å². The zero-order valence-electron chi connectivity index (χ0n) is 10.3. The number of aromatic nitrogens is 5. The fourth-order valence-corrected chi connectivity index (χ4v) is 1.95. The number of rotatable bonds is 4. The third kappa shape index (κ3) is 2.75. The van der Waals surface area contributed by atoms with Crippen molar-refractivity contribution in [2.75, 3.05) is 0 Å². The van der Waals surface area contributed by atoms with E-state index < -0.39 is 0 Å². The first kappa shape index (κ1) is 12.9. The Labute approximate surface area is 122 Å². The standard InChI is InChI=1S/C12H11BrN6O/c13-7-1-2-10(16-4-7)11-18-12(20-19-11)9(14)3-8-5-15-6-17-8/h1-2,4-6,9H,3,14H2,(H,15,17)/t9-/m0/s1. The lowest BCUT2D eigenvalue weighted by molar-refractivity contribution is 0.354. The first-order chi connectivity index (χ1) is 9.72. The first-order valence-corrected chi connectivity index (χ1v) is 6.70. The van der Waals surface area contributed by atoms with E-state index in [1.54, 1.807) is 24.8 Å². The van der Waals surface area contributed by atoms with Crippen molar-refractivity contribution in [3.8, 4) is 11.5 Å². The van der Waals surface area contributed by atoms with Crippen LogP contribution in [-0.4, -0.2) is 25.1 Å². The summed E-state index contributed by atoms with van der Waals surface area (Å²) in [6.45, 7) is 0. The van der Waals surface area contributed by atoms with Crippen LogP contribution in [0.5, 0.6) is 0 Å². The molecule has 0 fully saturated rings. The van der Waals surface area contributed by atoms with Crippen molar-refractivity contribution >= 4 is 15.9 Å².